The summed E-state index contributed by atoms with van der Waals surface area (Å²) in [5.74, 6) is -1.21. The van der Waals surface area contributed by atoms with Crippen LogP contribution in [0, 0.1) is 0 Å². The maximum Gasteiger partial charge on any atom is 0.328 e. The Morgan fingerprint density at radius 2 is 2.00 bits per heavy atom. The van der Waals surface area contributed by atoms with Gasteiger partial charge in [0.2, 0.25) is 0 Å². The second-order valence-electron chi connectivity index (χ2n) is 3.29. The van der Waals surface area contributed by atoms with Crippen LogP contribution in [0.1, 0.15) is 20.8 Å². The van der Waals surface area contributed by atoms with E-state index in [0.717, 1.165) is 0 Å². The van der Waals surface area contributed by atoms with E-state index in [4.69, 9.17) is 5.73 Å². The molecule has 88 valence electrons. The average molecular weight is 218 g/mol. The smallest absolute Gasteiger partial charge is 0.328 e. The minimum absolute atomic E-state index is 0.245. The Morgan fingerprint density at radius 1 is 1.47 bits per heavy atom. The Hall–Kier alpha value is -1.14. The van der Waals surface area contributed by atoms with Crippen molar-refractivity contribution in [2.45, 2.75) is 39.0 Å². The van der Waals surface area contributed by atoms with Gasteiger partial charge in [0.15, 0.2) is 0 Å². The summed E-state index contributed by atoms with van der Waals surface area (Å²) in [4.78, 5) is 22.4. The number of aliphatic hydroxyl groups excluding tert-OH is 1. The van der Waals surface area contributed by atoms with Gasteiger partial charge in [-0.2, -0.15) is 0 Å². The van der Waals surface area contributed by atoms with Crippen LogP contribution in [0.15, 0.2) is 0 Å². The number of hydrogen-bond acceptors (Lipinski definition) is 5. The van der Waals surface area contributed by atoms with Crippen LogP contribution in [0.4, 0.5) is 0 Å². The van der Waals surface area contributed by atoms with E-state index in [1.165, 1.54) is 13.8 Å². The highest BCUT2D eigenvalue weighted by atomic mass is 16.5. The first-order valence-corrected chi connectivity index (χ1v) is 4.80. The van der Waals surface area contributed by atoms with E-state index in [1.807, 2.05) is 0 Å². The van der Waals surface area contributed by atoms with Crippen molar-refractivity contribution in [1.82, 2.24) is 5.32 Å². The molecule has 15 heavy (non-hydrogen) atoms. The number of aliphatic hydroxyl groups is 1. The number of rotatable bonds is 5. The number of amides is 1. The number of ether oxygens (including phenoxy) is 1. The summed E-state index contributed by atoms with van der Waals surface area (Å²) >= 11 is 0. The average Bonchev–Trinajstić information content (AvgIpc) is 2.16. The zero-order chi connectivity index (χ0) is 12.0. The summed E-state index contributed by atoms with van der Waals surface area (Å²) in [6.07, 6.45) is -1.32. The number of carbonyl (C=O) groups is 2. The molecule has 0 saturated carbocycles. The number of esters is 1. The lowest BCUT2D eigenvalue weighted by Crippen LogP contribution is -2.49. The summed E-state index contributed by atoms with van der Waals surface area (Å²) in [6, 6.07) is -1.47. The monoisotopic (exact) mass is 218 g/mol. The highest BCUT2D eigenvalue weighted by Crippen LogP contribution is 1.93. The van der Waals surface area contributed by atoms with Gasteiger partial charge < -0.3 is 20.9 Å². The Balaban J connectivity index is 4.12. The lowest BCUT2D eigenvalue weighted by Gasteiger charge is -2.17. The molecule has 0 fully saturated rings. The van der Waals surface area contributed by atoms with Crippen LogP contribution in [0.25, 0.3) is 0 Å². The van der Waals surface area contributed by atoms with Crippen LogP contribution in [0.3, 0.4) is 0 Å². The van der Waals surface area contributed by atoms with Crippen molar-refractivity contribution >= 4 is 11.9 Å². The molecule has 6 nitrogen and oxygen atoms in total. The number of nitrogens with two attached hydrogens (primary N) is 1. The Bertz CT molecular complexity index is 230. The second-order valence-corrected chi connectivity index (χ2v) is 3.29. The van der Waals surface area contributed by atoms with E-state index in [-0.39, 0.29) is 6.61 Å². The van der Waals surface area contributed by atoms with Crippen LogP contribution in [-0.4, -0.2) is 41.8 Å². The molecule has 0 bridgehead atoms. The quantitative estimate of drug-likeness (QED) is 0.501. The van der Waals surface area contributed by atoms with E-state index >= 15 is 0 Å². The third kappa shape index (κ3) is 4.75. The molecule has 0 aliphatic rings. The predicted octanol–water partition coefficient (Wildman–Crippen LogP) is -1.24. The Kier molecular flexibility index (Phi) is 5.88. The first-order chi connectivity index (χ1) is 6.90. The minimum atomic E-state index is -1.32. The van der Waals surface area contributed by atoms with E-state index in [9.17, 15) is 14.7 Å². The molecule has 4 N–H and O–H groups in total. The fourth-order valence-electron chi connectivity index (χ4n) is 0.864. The van der Waals surface area contributed by atoms with Gasteiger partial charge >= 0.3 is 5.97 Å². The first-order valence-electron chi connectivity index (χ1n) is 4.80. The van der Waals surface area contributed by atoms with Crippen molar-refractivity contribution in [1.29, 1.82) is 0 Å². The summed E-state index contributed by atoms with van der Waals surface area (Å²) in [7, 11) is 0. The van der Waals surface area contributed by atoms with Crippen LogP contribution in [0.2, 0.25) is 0 Å². The molecule has 1 unspecified atom stereocenters. The van der Waals surface area contributed by atoms with Gasteiger partial charge in [0.1, 0.15) is 12.1 Å². The third-order valence-electron chi connectivity index (χ3n) is 1.77. The normalized spacial score (nSPS) is 16.3. The van der Waals surface area contributed by atoms with E-state index in [0.29, 0.717) is 0 Å². The summed E-state index contributed by atoms with van der Waals surface area (Å²) in [6.45, 7) is 4.89. The van der Waals surface area contributed by atoms with Gasteiger partial charge in [0.25, 0.3) is 5.91 Å². The van der Waals surface area contributed by atoms with Crippen molar-refractivity contribution < 1.29 is 19.4 Å². The molecule has 0 heterocycles. The molecule has 1 amide bonds. The fourth-order valence-corrected chi connectivity index (χ4v) is 0.864. The number of hydrogen-bond donors (Lipinski definition) is 3. The van der Waals surface area contributed by atoms with Crippen molar-refractivity contribution in [3.63, 3.8) is 0 Å². The molecule has 6 heteroatoms. The number of carbonyl (C=O) groups excluding carboxylic acids is 2. The van der Waals surface area contributed by atoms with Gasteiger partial charge in [-0.15, -0.1) is 0 Å². The zero-order valence-electron chi connectivity index (χ0n) is 9.19. The van der Waals surface area contributed by atoms with E-state index < -0.39 is 30.1 Å². The Morgan fingerprint density at radius 3 is 2.40 bits per heavy atom. The van der Waals surface area contributed by atoms with E-state index in [2.05, 4.69) is 10.1 Å². The molecule has 0 aromatic rings. The van der Waals surface area contributed by atoms with Gasteiger partial charge in [-0.1, -0.05) is 0 Å². The maximum absolute atomic E-state index is 11.3. The maximum atomic E-state index is 11.3. The van der Waals surface area contributed by atoms with Gasteiger partial charge in [0, 0.05) is 6.04 Å². The lowest BCUT2D eigenvalue weighted by molar-refractivity contribution is -0.148. The molecule has 0 spiro atoms. The lowest BCUT2D eigenvalue weighted by atomic mass is 10.2. The predicted molar refractivity (Wildman–Crippen MR) is 53.9 cm³/mol. The molecular formula is C9H18N2O4. The van der Waals surface area contributed by atoms with Gasteiger partial charge in [0.05, 0.1) is 6.61 Å². The fraction of sp³-hybridized carbons (Fsp3) is 0.778. The standard InChI is InChI=1S/C9H18N2O4/c1-4-15-9(14)6(3)11-8(13)7(12)5(2)10/h5-7,12H,4,10H2,1-3H3,(H,11,13)/t5-,6+,7?/m1/s1. The highest BCUT2D eigenvalue weighted by Gasteiger charge is 2.23. The molecule has 0 rings (SSSR count). The van der Waals surface area contributed by atoms with Gasteiger partial charge in [-0.3, -0.25) is 4.79 Å². The molecule has 0 aliphatic heterocycles. The Labute approximate surface area is 88.8 Å². The number of nitrogens with one attached hydrogen (secondary N) is 1. The van der Waals surface area contributed by atoms with Gasteiger partial charge in [-0.25, -0.2) is 4.79 Å². The molecule has 0 radical (unpaired) electrons. The van der Waals surface area contributed by atoms with Crippen molar-refractivity contribution in [2.75, 3.05) is 6.61 Å². The van der Waals surface area contributed by atoms with Crippen LogP contribution < -0.4 is 11.1 Å². The van der Waals surface area contributed by atoms with Gasteiger partial charge in [-0.05, 0) is 20.8 Å². The van der Waals surface area contributed by atoms with Crippen LogP contribution in [0.5, 0.6) is 0 Å². The second kappa shape index (κ2) is 6.36. The minimum Gasteiger partial charge on any atom is -0.464 e. The summed E-state index contributed by atoms with van der Waals surface area (Å²) < 4.78 is 4.68. The molecule has 0 aromatic carbocycles. The molecule has 0 saturated heterocycles. The highest BCUT2D eigenvalue weighted by molar-refractivity contribution is 5.86. The summed E-state index contributed by atoms with van der Waals surface area (Å²) in [5.41, 5.74) is 5.32. The molecular weight excluding hydrogens is 200 g/mol. The van der Waals surface area contributed by atoms with E-state index in [1.54, 1.807) is 6.92 Å². The zero-order valence-corrected chi connectivity index (χ0v) is 9.19. The largest absolute Gasteiger partial charge is 0.464 e. The van der Waals surface area contributed by atoms with Crippen molar-refractivity contribution in [2.24, 2.45) is 5.73 Å². The molecule has 3 atom stereocenters. The molecule has 0 aliphatic carbocycles. The van der Waals surface area contributed by atoms with Crippen LogP contribution in [-0.2, 0) is 14.3 Å². The molecule has 0 aromatic heterocycles. The summed E-state index contributed by atoms with van der Waals surface area (Å²) in [5, 5.41) is 11.6. The SMILES string of the molecule is CCOC(=O)[C@H](C)NC(=O)C(O)[C@@H](C)N. The van der Waals surface area contributed by atoms with Crippen molar-refractivity contribution in [3.05, 3.63) is 0 Å². The van der Waals surface area contributed by atoms with Crippen molar-refractivity contribution in [3.8, 4) is 0 Å². The topological polar surface area (TPSA) is 102 Å². The first kappa shape index (κ1) is 13.9. The third-order valence-corrected chi connectivity index (χ3v) is 1.77. The van der Waals surface area contributed by atoms with Crippen LogP contribution >= 0.6 is 0 Å².